The third-order valence-electron chi connectivity index (χ3n) is 4.25. The second-order valence-corrected chi connectivity index (χ2v) is 8.91. The van der Waals surface area contributed by atoms with E-state index in [0.717, 1.165) is 25.6 Å². The summed E-state index contributed by atoms with van der Waals surface area (Å²) in [5.74, 6) is 0.365. The van der Waals surface area contributed by atoms with Gasteiger partial charge in [-0.15, -0.1) is 0 Å². The van der Waals surface area contributed by atoms with E-state index in [-0.39, 0.29) is 21.7 Å². The first kappa shape index (κ1) is 20.7. The zero-order chi connectivity index (χ0) is 20.5. The largest absolute Gasteiger partial charge is 0.487 e. The number of nitrogens with one attached hydrogen (secondary N) is 1. The van der Waals surface area contributed by atoms with Crippen LogP contribution in [0.3, 0.4) is 0 Å². The van der Waals surface area contributed by atoms with E-state index in [1.54, 1.807) is 0 Å². The quantitative estimate of drug-likeness (QED) is 0.535. The number of anilines is 1. The second-order valence-electron chi connectivity index (χ2n) is 6.41. The predicted molar refractivity (Wildman–Crippen MR) is 107 cm³/mol. The standard InChI is InChI=1S/C17H17Cl2N3O5S/c1-21-7-6-12(10-21)27-17-8-11(2-4-15(17)19)20-28(25,26)13-3-5-14(18)16(9-13)22(23)24/h2-5,8-9,12,20H,6-7,10H2,1H3. The van der Waals surface area contributed by atoms with Crippen molar-refractivity contribution in [3.05, 3.63) is 56.6 Å². The summed E-state index contributed by atoms with van der Waals surface area (Å²) in [6.07, 6.45) is 0.810. The van der Waals surface area contributed by atoms with Crippen LogP contribution in [-0.4, -0.2) is 44.5 Å². The molecule has 1 N–H and O–H groups in total. The van der Waals surface area contributed by atoms with Crippen LogP contribution in [0.25, 0.3) is 0 Å². The van der Waals surface area contributed by atoms with Crippen LogP contribution in [0.2, 0.25) is 10.0 Å². The minimum absolute atomic E-state index is 0.0340. The van der Waals surface area contributed by atoms with Crippen LogP contribution in [-0.2, 0) is 10.0 Å². The van der Waals surface area contributed by atoms with Gasteiger partial charge in [0.05, 0.1) is 20.5 Å². The van der Waals surface area contributed by atoms with Crippen LogP contribution < -0.4 is 9.46 Å². The lowest BCUT2D eigenvalue weighted by Crippen LogP contribution is -2.21. The Kier molecular flexibility index (Phi) is 5.99. The molecule has 0 aliphatic carbocycles. The molecule has 0 aromatic heterocycles. The Morgan fingerprint density at radius 3 is 2.57 bits per heavy atom. The number of nitro groups is 1. The highest BCUT2D eigenvalue weighted by molar-refractivity contribution is 7.92. The van der Waals surface area contributed by atoms with E-state index in [4.69, 9.17) is 27.9 Å². The molecule has 1 unspecified atom stereocenters. The summed E-state index contributed by atoms with van der Waals surface area (Å²) in [6, 6.07) is 7.77. The summed E-state index contributed by atoms with van der Waals surface area (Å²) in [5, 5.41) is 11.2. The summed E-state index contributed by atoms with van der Waals surface area (Å²) in [6.45, 7) is 1.66. The molecule has 11 heteroatoms. The van der Waals surface area contributed by atoms with Crippen molar-refractivity contribution in [1.29, 1.82) is 0 Å². The van der Waals surface area contributed by atoms with E-state index in [1.165, 1.54) is 30.3 Å². The highest BCUT2D eigenvalue weighted by Gasteiger charge is 2.23. The topological polar surface area (TPSA) is 102 Å². The van der Waals surface area contributed by atoms with E-state index >= 15 is 0 Å². The van der Waals surface area contributed by atoms with Crippen molar-refractivity contribution in [2.75, 3.05) is 24.9 Å². The van der Waals surface area contributed by atoms with Crippen molar-refractivity contribution in [2.24, 2.45) is 0 Å². The molecule has 28 heavy (non-hydrogen) atoms. The fourth-order valence-corrected chi connectivity index (χ4v) is 4.26. The number of nitro benzene ring substituents is 1. The Labute approximate surface area is 172 Å². The van der Waals surface area contributed by atoms with E-state index in [2.05, 4.69) is 9.62 Å². The molecule has 150 valence electrons. The molecular formula is C17H17Cl2N3O5S. The maximum Gasteiger partial charge on any atom is 0.289 e. The molecule has 1 aliphatic heterocycles. The van der Waals surface area contributed by atoms with Crippen LogP contribution in [0.5, 0.6) is 5.75 Å². The molecule has 2 aromatic carbocycles. The molecule has 1 saturated heterocycles. The van der Waals surface area contributed by atoms with Crippen molar-refractivity contribution in [2.45, 2.75) is 17.4 Å². The van der Waals surface area contributed by atoms with Gasteiger partial charge in [0, 0.05) is 25.2 Å². The number of hydrogen-bond donors (Lipinski definition) is 1. The third kappa shape index (κ3) is 4.67. The van der Waals surface area contributed by atoms with Crippen molar-refractivity contribution >= 4 is 44.6 Å². The first-order valence-electron chi connectivity index (χ1n) is 8.27. The van der Waals surface area contributed by atoms with Gasteiger partial charge in [-0.05, 0) is 37.7 Å². The number of ether oxygens (including phenoxy) is 1. The van der Waals surface area contributed by atoms with Gasteiger partial charge in [-0.1, -0.05) is 23.2 Å². The molecule has 3 rings (SSSR count). The normalized spacial score (nSPS) is 17.5. The number of rotatable bonds is 6. The number of nitrogens with zero attached hydrogens (tertiary/aromatic N) is 2. The highest BCUT2D eigenvalue weighted by Crippen LogP contribution is 2.32. The first-order chi connectivity index (χ1) is 13.2. The Morgan fingerprint density at radius 2 is 1.93 bits per heavy atom. The molecule has 1 atom stereocenters. The molecular weight excluding hydrogens is 429 g/mol. The number of hydrogen-bond acceptors (Lipinski definition) is 6. The molecule has 8 nitrogen and oxygen atoms in total. The smallest absolute Gasteiger partial charge is 0.289 e. The van der Waals surface area contributed by atoms with Crippen molar-refractivity contribution in [1.82, 2.24) is 4.90 Å². The Balaban J connectivity index is 1.83. The maximum absolute atomic E-state index is 12.6. The lowest BCUT2D eigenvalue weighted by atomic mass is 10.3. The van der Waals surface area contributed by atoms with Gasteiger partial charge in [0.1, 0.15) is 16.9 Å². The lowest BCUT2D eigenvalue weighted by molar-refractivity contribution is -0.384. The van der Waals surface area contributed by atoms with Crippen LogP contribution in [0.4, 0.5) is 11.4 Å². The summed E-state index contributed by atoms with van der Waals surface area (Å²) in [4.78, 5) is 12.1. The maximum atomic E-state index is 12.6. The number of halogens is 2. The predicted octanol–water partition coefficient (Wildman–Crippen LogP) is 3.79. The van der Waals surface area contributed by atoms with Crippen LogP contribution in [0.1, 0.15) is 6.42 Å². The summed E-state index contributed by atoms with van der Waals surface area (Å²) < 4.78 is 33.5. The average molecular weight is 446 g/mol. The molecule has 1 heterocycles. The Bertz CT molecular complexity index is 1020. The SMILES string of the molecule is CN1CCC(Oc2cc(NS(=O)(=O)c3ccc(Cl)c([N+](=O)[O-])c3)ccc2Cl)C1. The van der Waals surface area contributed by atoms with E-state index in [1.807, 2.05) is 7.05 Å². The van der Waals surface area contributed by atoms with E-state index < -0.39 is 20.6 Å². The van der Waals surface area contributed by atoms with Gasteiger partial charge < -0.3 is 9.64 Å². The van der Waals surface area contributed by atoms with Gasteiger partial charge >= 0.3 is 0 Å². The lowest BCUT2D eigenvalue weighted by Gasteiger charge is -2.16. The van der Waals surface area contributed by atoms with Gasteiger partial charge in [-0.3, -0.25) is 14.8 Å². The van der Waals surface area contributed by atoms with Gasteiger partial charge in [0.2, 0.25) is 0 Å². The summed E-state index contributed by atoms with van der Waals surface area (Å²) in [7, 11) is -2.08. The van der Waals surface area contributed by atoms with E-state index in [9.17, 15) is 18.5 Å². The van der Waals surface area contributed by atoms with Crippen LogP contribution >= 0.6 is 23.2 Å². The molecule has 0 spiro atoms. The fraction of sp³-hybridized carbons (Fsp3) is 0.294. The van der Waals surface area contributed by atoms with Gasteiger partial charge in [0.25, 0.3) is 15.7 Å². The second kappa shape index (κ2) is 8.12. The van der Waals surface area contributed by atoms with Crippen molar-refractivity contribution in [3.63, 3.8) is 0 Å². The minimum Gasteiger partial charge on any atom is -0.487 e. The number of likely N-dealkylation sites (tertiary alicyclic amines) is 1. The molecule has 2 aromatic rings. The van der Waals surface area contributed by atoms with Gasteiger partial charge in [0.15, 0.2) is 0 Å². The molecule has 0 radical (unpaired) electrons. The molecule has 0 saturated carbocycles. The third-order valence-corrected chi connectivity index (χ3v) is 6.26. The monoisotopic (exact) mass is 445 g/mol. The van der Waals surface area contributed by atoms with E-state index in [0.29, 0.717) is 10.8 Å². The number of benzene rings is 2. The molecule has 1 fully saturated rings. The number of sulfonamides is 1. The Morgan fingerprint density at radius 1 is 1.21 bits per heavy atom. The first-order valence-corrected chi connectivity index (χ1v) is 10.5. The zero-order valence-electron chi connectivity index (χ0n) is 14.8. The average Bonchev–Trinajstić information content (AvgIpc) is 3.02. The van der Waals surface area contributed by atoms with Gasteiger partial charge in [-0.2, -0.15) is 0 Å². The molecule has 0 bridgehead atoms. The van der Waals surface area contributed by atoms with Crippen molar-refractivity contribution < 1.29 is 18.1 Å². The van der Waals surface area contributed by atoms with Crippen LogP contribution in [0, 0.1) is 10.1 Å². The van der Waals surface area contributed by atoms with Crippen LogP contribution in [0.15, 0.2) is 41.3 Å². The Hall–Kier alpha value is -2.07. The highest BCUT2D eigenvalue weighted by atomic mass is 35.5. The summed E-state index contributed by atoms with van der Waals surface area (Å²) >= 11 is 11.9. The minimum atomic E-state index is -4.07. The molecule has 1 aliphatic rings. The summed E-state index contributed by atoms with van der Waals surface area (Å²) in [5.41, 5.74) is -0.265. The zero-order valence-corrected chi connectivity index (χ0v) is 17.1. The van der Waals surface area contributed by atoms with Crippen molar-refractivity contribution in [3.8, 4) is 5.75 Å². The van der Waals surface area contributed by atoms with Gasteiger partial charge in [-0.25, -0.2) is 8.42 Å². The fourth-order valence-electron chi connectivity index (χ4n) is 2.84. The molecule has 0 amide bonds. The number of likely N-dealkylation sites (N-methyl/N-ethyl adjacent to an activating group) is 1.